The average Bonchev–Trinajstić information content (AvgIpc) is 2.77. The van der Waals surface area contributed by atoms with Gasteiger partial charge in [0.2, 0.25) is 0 Å². The molecular formula is C12H15NO3S2. The Kier molecular flexibility index (Phi) is 4.68. The van der Waals surface area contributed by atoms with E-state index >= 15 is 0 Å². The summed E-state index contributed by atoms with van der Waals surface area (Å²) in [6.07, 6.45) is 2.77. The Labute approximate surface area is 112 Å². The number of carbonyl (C=O) groups is 1. The fourth-order valence-electron chi connectivity index (χ4n) is 1.78. The van der Waals surface area contributed by atoms with Crippen LogP contribution in [0, 0.1) is 0 Å². The lowest BCUT2D eigenvalue weighted by molar-refractivity contribution is -0.131. The molecule has 0 saturated carbocycles. The number of carboxylic acids is 1. The van der Waals surface area contributed by atoms with E-state index in [1.54, 1.807) is 17.4 Å². The lowest BCUT2D eigenvalue weighted by Crippen LogP contribution is -2.36. The lowest BCUT2D eigenvalue weighted by atomic mass is 10.3. The van der Waals surface area contributed by atoms with Crippen LogP contribution < -0.4 is 0 Å². The van der Waals surface area contributed by atoms with E-state index in [4.69, 9.17) is 5.11 Å². The van der Waals surface area contributed by atoms with Crippen LogP contribution in [0.1, 0.15) is 9.75 Å². The molecule has 0 aliphatic carbocycles. The number of carboxylic acid groups (broad SMARTS) is 1. The zero-order valence-electron chi connectivity index (χ0n) is 9.87. The molecular weight excluding hydrogens is 270 g/mol. The topological polar surface area (TPSA) is 57.6 Å². The third kappa shape index (κ3) is 4.04. The van der Waals surface area contributed by atoms with Crippen LogP contribution in [0.15, 0.2) is 18.2 Å². The van der Waals surface area contributed by atoms with Gasteiger partial charge in [0.05, 0.1) is 0 Å². The van der Waals surface area contributed by atoms with Crippen molar-refractivity contribution in [3.8, 4) is 0 Å². The minimum atomic E-state index is -0.927. The zero-order valence-corrected chi connectivity index (χ0v) is 11.5. The average molecular weight is 285 g/mol. The summed E-state index contributed by atoms with van der Waals surface area (Å²) in [7, 11) is -0.637. The highest BCUT2D eigenvalue weighted by Crippen LogP contribution is 2.20. The van der Waals surface area contributed by atoms with Gasteiger partial charge in [-0.15, -0.1) is 11.3 Å². The maximum atomic E-state index is 11.2. The van der Waals surface area contributed by atoms with Crippen molar-refractivity contribution >= 4 is 34.2 Å². The Morgan fingerprint density at radius 1 is 1.44 bits per heavy atom. The van der Waals surface area contributed by atoms with Gasteiger partial charge in [-0.3, -0.25) is 9.11 Å². The summed E-state index contributed by atoms with van der Waals surface area (Å²) in [4.78, 5) is 14.9. The maximum absolute atomic E-state index is 11.2. The Morgan fingerprint density at radius 2 is 2.17 bits per heavy atom. The summed E-state index contributed by atoms with van der Waals surface area (Å²) in [5, 5.41) is 8.55. The minimum absolute atomic E-state index is 0.637. The number of thiophene rings is 1. The highest BCUT2D eigenvalue weighted by atomic mass is 32.2. The third-order valence-electron chi connectivity index (χ3n) is 2.72. The van der Waals surface area contributed by atoms with E-state index in [1.807, 2.05) is 12.1 Å². The molecule has 1 aromatic rings. The molecule has 1 saturated heterocycles. The maximum Gasteiger partial charge on any atom is 0.328 e. The Bertz CT molecular complexity index is 471. The summed E-state index contributed by atoms with van der Waals surface area (Å²) in [5.41, 5.74) is 0. The molecule has 6 heteroatoms. The van der Waals surface area contributed by atoms with Crippen LogP contribution in [0.25, 0.3) is 6.08 Å². The number of nitrogens with zero attached hydrogens (tertiary/aromatic N) is 1. The molecule has 1 aliphatic heterocycles. The molecule has 0 aromatic carbocycles. The fourth-order valence-corrected chi connectivity index (χ4v) is 3.86. The first-order valence-electron chi connectivity index (χ1n) is 5.70. The van der Waals surface area contributed by atoms with Crippen molar-refractivity contribution in [3.05, 3.63) is 28.0 Å². The predicted molar refractivity (Wildman–Crippen MR) is 74.1 cm³/mol. The van der Waals surface area contributed by atoms with E-state index in [0.29, 0.717) is 0 Å². The third-order valence-corrected chi connectivity index (χ3v) is 5.03. The summed E-state index contributed by atoms with van der Waals surface area (Å²) in [5.74, 6) is 0.595. The predicted octanol–water partition coefficient (Wildman–Crippen LogP) is 1.41. The van der Waals surface area contributed by atoms with Crippen molar-refractivity contribution in [2.75, 3.05) is 24.6 Å². The van der Waals surface area contributed by atoms with E-state index in [1.165, 1.54) is 4.88 Å². The molecule has 1 fully saturated rings. The van der Waals surface area contributed by atoms with Crippen molar-refractivity contribution in [2.45, 2.75) is 6.54 Å². The number of hydrogen-bond donors (Lipinski definition) is 1. The summed E-state index contributed by atoms with van der Waals surface area (Å²) < 4.78 is 11.2. The van der Waals surface area contributed by atoms with Gasteiger partial charge in [0.25, 0.3) is 0 Å². The first-order chi connectivity index (χ1) is 8.63. The molecule has 1 aromatic heterocycles. The molecule has 0 bridgehead atoms. The molecule has 4 nitrogen and oxygen atoms in total. The van der Waals surface area contributed by atoms with Crippen LogP contribution in [0.5, 0.6) is 0 Å². The smallest absolute Gasteiger partial charge is 0.328 e. The molecule has 0 radical (unpaired) electrons. The zero-order chi connectivity index (χ0) is 13.0. The molecule has 0 unspecified atom stereocenters. The van der Waals surface area contributed by atoms with Gasteiger partial charge in [0.1, 0.15) is 0 Å². The van der Waals surface area contributed by atoms with Gasteiger partial charge in [-0.1, -0.05) is 0 Å². The lowest BCUT2D eigenvalue weighted by Gasteiger charge is -2.25. The van der Waals surface area contributed by atoms with E-state index in [9.17, 15) is 9.00 Å². The van der Waals surface area contributed by atoms with Gasteiger partial charge in [-0.25, -0.2) is 4.79 Å². The molecule has 1 N–H and O–H groups in total. The van der Waals surface area contributed by atoms with E-state index in [2.05, 4.69) is 4.90 Å². The fraction of sp³-hybridized carbons (Fsp3) is 0.417. The van der Waals surface area contributed by atoms with Gasteiger partial charge < -0.3 is 5.11 Å². The SMILES string of the molecule is O=C(O)C=Cc1ccc(CN2CCS(=O)CC2)s1. The van der Waals surface area contributed by atoms with Crippen LogP contribution in [0.4, 0.5) is 0 Å². The van der Waals surface area contributed by atoms with Crippen molar-refractivity contribution < 1.29 is 14.1 Å². The minimum Gasteiger partial charge on any atom is -0.478 e. The second-order valence-electron chi connectivity index (χ2n) is 4.10. The molecule has 1 aliphatic rings. The molecule has 18 heavy (non-hydrogen) atoms. The van der Waals surface area contributed by atoms with Crippen molar-refractivity contribution in [1.29, 1.82) is 0 Å². The highest BCUT2D eigenvalue weighted by molar-refractivity contribution is 7.85. The van der Waals surface area contributed by atoms with Crippen LogP contribution in [0.2, 0.25) is 0 Å². The Hall–Kier alpha value is -0.980. The Morgan fingerprint density at radius 3 is 2.83 bits per heavy atom. The van der Waals surface area contributed by atoms with E-state index < -0.39 is 16.8 Å². The summed E-state index contributed by atoms with van der Waals surface area (Å²) >= 11 is 1.60. The van der Waals surface area contributed by atoms with Gasteiger partial charge in [0, 0.05) is 57.8 Å². The Balaban J connectivity index is 1.90. The standard InChI is InChI=1S/C12H15NO3S2/c14-12(15)4-3-10-1-2-11(17-10)9-13-5-7-18(16)8-6-13/h1-4H,5-9H2,(H,14,15). The number of hydrogen-bond acceptors (Lipinski definition) is 4. The molecule has 0 spiro atoms. The molecule has 0 amide bonds. The molecule has 2 rings (SSSR count). The monoisotopic (exact) mass is 285 g/mol. The van der Waals surface area contributed by atoms with Crippen LogP contribution in [-0.2, 0) is 22.1 Å². The van der Waals surface area contributed by atoms with Gasteiger partial charge in [-0.05, 0) is 18.2 Å². The quantitative estimate of drug-likeness (QED) is 0.850. The van der Waals surface area contributed by atoms with Crippen LogP contribution in [0.3, 0.4) is 0 Å². The highest BCUT2D eigenvalue weighted by Gasteiger charge is 2.15. The first kappa shape index (κ1) is 13.5. The summed E-state index contributed by atoms with van der Waals surface area (Å²) in [6, 6.07) is 3.96. The summed E-state index contributed by atoms with van der Waals surface area (Å²) in [6.45, 7) is 2.62. The van der Waals surface area contributed by atoms with Crippen molar-refractivity contribution in [2.24, 2.45) is 0 Å². The van der Waals surface area contributed by atoms with Crippen molar-refractivity contribution in [3.63, 3.8) is 0 Å². The second kappa shape index (κ2) is 6.26. The number of rotatable bonds is 4. The second-order valence-corrected chi connectivity index (χ2v) is 7.00. The first-order valence-corrected chi connectivity index (χ1v) is 8.01. The van der Waals surface area contributed by atoms with Gasteiger partial charge in [0.15, 0.2) is 0 Å². The molecule has 98 valence electrons. The van der Waals surface area contributed by atoms with E-state index in [0.717, 1.165) is 42.1 Å². The van der Waals surface area contributed by atoms with Gasteiger partial charge >= 0.3 is 5.97 Å². The number of aliphatic carboxylic acids is 1. The molecule has 0 atom stereocenters. The molecule has 2 heterocycles. The van der Waals surface area contributed by atoms with Crippen molar-refractivity contribution in [1.82, 2.24) is 4.90 Å². The van der Waals surface area contributed by atoms with Crippen LogP contribution in [-0.4, -0.2) is 44.8 Å². The normalized spacial score (nSPS) is 18.4. The van der Waals surface area contributed by atoms with Crippen LogP contribution >= 0.6 is 11.3 Å². The largest absolute Gasteiger partial charge is 0.478 e. The van der Waals surface area contributed by atoms with Gasteiger partial charge in [-0.2, -0.15) is 0 Å². The van der Waals surface area contributed by atoms with E-state index in [-0.39, 0.29) is 0 Å².